The van der Waals surface area contributed by atoms with Crippen LogP contribution >= 0.6 is 11.3 Å². The molecule has 120 valence electrons. The molecule has 0 aliphatic heterocycles. The van der Waals surface area contributed by atoms with E-state index in [9.17, 15) is 0 Å². The van der Waals surface area contributed by atoms with Crippen molar-refractivity contribution in [2.24, 2.45) is 0 Å². The van der Waals surface area contributed by atoms with Crippen LogP contribution in [0, 0.1) is 0 Å². The number of fused-ring (bicyclic) bond motifs is 1. The third-order valence-electron chi connectivity index (χ3n) is 3.38. The zero-order valence-electron chi connectivity index (χ0n) is 13.1. The Balaban J connectivity index is 1.81. The fourth-order valence-electron chi connectivity index (χ4n) is 2.27. The van der Waals surface area contributed by atoms with Crippen LogP contribution in [0.4, 0.5) is 5.95 Å². The number of thiophene rings is 1. The standard InChI is InChI=1S/C16H17N3O3S/c1-20-12-6-10(7-13(21-2)15(12)22-3)8-17-16-18-9-14-11(19-16)4-5-23-14/h4-7,9H,8H2,1-3H3,(H,17,18,19). The van der Waals surface area contributed by atoms with Gasteiger partial charge in [-0.2, -0.15) is 0 Å². The molecule has 0 saturated heterocycles. The van der Waals surface area contributed by atoms with E-state index < -0.39 is 0 Å². The van der Waals surface area contributed by atoms with Gasteiger partial charge in [-0.3, -0.25) is 0 Å². The van der Waals surface area contributed by atoms with Gasteiger partial charge in [-0.15, -0.1) is 11.3 Å². The summed E-state index contributed by atoms with van der Waals surface area (Å²) in [5, 5.41) is 5.22. The molecular weight excluding hydrogens is 314 g/mol. The van der Waals surface area contributed by atoms with Crippen molar-refractivity contribution in [2.45, 2.75) is 6.54 Å². The molecule has 0 spiro atoms. The maximum absolute atomic E-state index is 5.36. The average molecular weight is 331 g/mol. The molecule has 0 fully saturated rings. The Bertz CT molecular complexity index is 794. The highest BCUT2D eigenvalue weighted by Gasteiger charge is 2.13. The molecule has 3 rings (SSSR count). The normalized spacial score (nSPS) is 10.6. The number of ether oxygens (including phenoxy) is 3. The Morgan fingerprint density at radius 3 is 2.48 bits per heavy atom. The number of rotatable bonds is 6. The SMILES string of the molecule is COc1cc(CNc2ncc3sccc3n2)cc(OC)c1OC. The second-order valence-electron chi connectivity index (χ2n) is 4.75. The number of anilines is 1. The number of benzene rings is 1. The first-order valence-corrected chi connectivity index (χ1v) is 7.86. The monoisotopic (exact) mass is 331 g/mol. The highest BCUT2D eigenvalue weighted by molar-refractivity contribution is 7.17. The van der Waals surface area contributed by atoms with Gasteiger partial charge >= 0.3 is 0 Å². The van der Waals surface area contributed by atoms with Gasteiger partial charge in [0.25, 0.3) is 0 Å². The topological polar surface area (TPSA) is 65.5 Å². The molecule has 0 unspecified atom stereocenters. The molecular formula is C16H17N3O3S. The minimum absolute atomic E-state index is 0.548. The van der Waals surface area contributed by atoms with Crippen molar-refractivity contribution in [1.82, 2.24) is 9.97 Å². The number of aromatic nitrogens is 2. The Labute approximate surface area is 138 Å². The molecule has 0 aliphatic rings. The highest BCUT2D eigenvalue weighted by atomic mass is 32.1. The van der Waals surface area contributed by atoms with E-state index in [-0.39, 0.29) is 0 Å². The van der Waals surface area contributed by atoms with E-state index in [4.69, 9.17) is 14.2 Å². The van der Waals surface area contributed by atoms with Gasteiger partial charge in [-0.05, 0) is 29.1 Å². The highest BCUT2D eigenvalue weighted by Crippen LogP contribution is 2.38. The van der Waals surface area contributed by atoms with Gasteiger partial charge < -0.3 is 19.5 Å². The van der Waals surface area contributed by atoms with E-state index in [0.717, 1.165) is 15.8 Å². The van der Waals surface area contributed by atoms with Crippen molar-refractivity contribution in [1.29, 1.82) is 0 Å². The molecule has 0 radical (unpaired) electrons. The fourth-order valence-corrected chi connectivity index (χ4v) is 2.96. The summed E-state index contributed by atoms with van der Waals surface area (Å²) in [7, 11) is 4.78. The second-order valence-corrected chi connectivity index (χ2v) is 5.70. The summed E-state index contributed by atoms with van der Waals surface area (Å²) in [5.41, 5.74) is 1.92. The predicted octanol–water partition coefficient (Wildman–Crippen LogP) is 3.33. The van der Waals surface area contributed by atoms with E-state index in [1.54, 1.807) is 32.7 Å². The summed E-state index contributed by atoms with van der Waals surface area (Å²) in [6.07, 6.45) is 1.82. The minimum atomic E-state index is 0.548. The number of hydrogen-bond acceptors (Lipinski definition) is 7. The number of hydrogen-bond donors (Lipinski definition) is 1. The van der Waals surface area contributed by atoms with Crippen LogP contribution in [0.15, 0.2) is 29.8 Å². The van der Waals surface area contributed by atoms with Crippen LogP contribution < -0.4 is 19.5 Å². The van der Waals surface area contributed by atoms with Gasteiger partial charge in [0.05, 0.1) is 37.7 Å². The summed E-state index contributed by atoms with van der Waals surface area (Å²) in [6, 6.07) is 5.78. The molecule has 0 bridgehead atoms. The largest absolute Gasteiger partial charge is 0.493 e. The zero-order chi connectivity index (χ0) is 16.2. The van der Waals surface area contributed by atoms with E-state index in [1.165, 1.54) is 0 Å². The summed E-state index contributed by atoms with van der Waals surface area (Å²) >= 11 is 1.62. The molecule has 0 aliphatic carbocycles. The van der Waals surface area contributed by atoms with Crippen molar-refractivity contribution in [2.75, 3.05) is 26.6 Å². The minimum Gasteiger partial charge on any atom is -0.493 e. The van der Waals surface area contributed by atoms with Crippen molar-refractivity contribution < 1.29 is 14.2 Å². The van der Waals surface area contributed by atoms with Gasteiger partial charge in [0, 0.05) is 6.54 Å². The molecule has 2 aromatic heterocycles. The third kappa shape index (κ3) is 3.14. The molecule has 2 heterocycles. The summed E-state index contributed by atoms with van der Waals surface area (Å²) < 4.78 is 17.1. The van der Waals surface area contributed by atoms with Crippen LogP contribution in [0.5, 0.6) is 17.2 Å². The lowest BCUT2D eigenvalue weighted by atomic mass is 10.2. The molecule has 0 saturated carbocycles. The smallest absolute Gasteiger partial charge is 0.223 e. The summed E-state index contributed by atoms with van der Waals surface area (Å²) in [4.78, 5) is 8.78. The van der Waals surface area contributed by atoms with E-state index >= 15 is 0 Å². The second kappa shape index (κ2) is 6.70. The molecule has 0 atom stereocenters. The van der Waals surface area contributed by atoms with E-state index in [2.05, 4.69) is 15.3 Å². The van der Waals surface area contributed by atoms with Crippen LogP contribution in [0.25, 0.3) is 10.2 Å². The third-order valence-corrected chi connectivity index (χ3v) is 4.22. The molecule has 6 nitrogen and oxygen atoms in total. The number of nitrogens with zero attached hydrogens (tertiary/aromatic N) is 2. The van der Waals surface area contributed by atoms with Crippen LogP contribution in [0.1, 0.15) is 5.56 Å². The predicted molar refractivity (Wildman–Crippen MR) is 90.8 cm³/mol. The molecule has 7 heteroatoms. The van der Waals surface area contributed by atoms with E-state index in [0.29, 0.717) is 29.7 Å². The zero-order valence-corrected chi connectivity index (χ0v) is 13.9. The number of methoxy groups -OCH3 is 3. The van der Waals surface area contributed by atoms with Crippen LogP contribution in [-0.4, -0.2) is 31.3 Å². The van der Waals surface area contributed by atoms with Gasteiger partial charge in [0.2, 0.25) is 11.7 Å². The fraction of sp³-hybridized carbons (Fsp3) is 0.250. The summed E-state index contributed by atoms with van der Waals surface area (Å²) in [6.45, 7) is 0.548. The van der Waals surface area contributed by atoms with Gasteiger partial charge in [0.1, 0.15) is 0 Å². The Kier molecular flexibility index (Phi) is 4.47. The van der Waals surface area contributed by atoms with E-state index in [1.807, 2.05) is 29.8 Å². The average Bonchev–Trinajstić information content (AvgIpc) is 3.06. The first kappa shape index (κ1) is 15.4. The summed E-state index contributed by atoms with van der Waals surface area (Å²) in [5.74, 6) is 2.41. The molecule has 1 aromatic carbocycles. The van der Waals surface area contributed by atoms with Crippen LogP contribution in [-0.2, 0) is 6.54 Å². The van der Waals surface area contributed by atoms with Crippen LogP contribution in [0.3, 0.4) is 0 Å². The molecule has 1 N–H and O–H groups in total. The lowest BCUT2D eigenvalue weighted by Crippen LogP contribution is -2.04. The lowest BCUT2D eigenvalue weighted by molar-refractivity contribution is 0.324. The Hall–Kier alpha value is -2.54. The quantitative estimate of drug-likeness (QED) is 0.747. The molecule has 0 amide bonds. The number of nitrogens with one attached hydrogen (secondary N) is 1. The lowest BCUT2D eigenvalue weighted by Gasteiger charge is -2.14. The first-order valence-electron chi connectivity index (χ1n) is 6.98. The van der Waals surface area contributed by atoms with Gasteiger partial charge in [-0.1, -0.05) is 0 Å². The van der Waals surface area contributed by atoms with Crippen molar-refractivity contribution >= 4 is 27.5 Å². The van der Waals surface area contributed by atoms with Gasteiger partial charge in [0.15, 0.2) is 11.5 Å². The first-order chi connectivity index (χ1) is 11.2. The van der Waals surface area contributed by atoms with Crippen molar-refractivity contribution in [3.63, 3.8) is 0 Å². The Morgan fingerprint density at radius 2 is 1.83 bits per heavy atom. The Morgan fingerprint density at radius 1 is 1.09 bits per heavy atom. The maximum Gasteiger partial charge on any atom is 0.223 e. The van der Waals surface area contributed by atoms with Crippen molar-refractivity contribution in [3.8, 4) is 17.2 Å². The molecule has 23 heavy (non-hydrogen) atoms. The molecule has 3 aromatic rings. The van der Waals surface area contributed by atoms with Crippen LogP contribution in [0.2, 0.25) is 0 Å². The maximum atomic E-state index is 5.36. The van der Waals surface area contributed by atoms with Gasteiger partial charge in [-0.25, -0.2) is 9.97 Å². The van der Waals surface area contributed by atoms with Crippen molar-refractivity contribution in [3.05, 3.63) is 35.3 Å².